The Morgan fingerprint density at radius 2 is 2.10 bits per heavy atom. The number of amides is 1. The van der Waals surface area contributed by atoms with E-state index in [1.807, 2.05) is 32.9 Å². The van der Waals surface area contributed by atoms with Crippen LogP contribution in [0.3, 0.4) is 0 Å². The average molecular weight is 273 g/mol. The van der Waals surface area contributed by atoms with Crippen LogP contribution in [0, 0.1) is 20.8 Å². The number of aryl methyl sites for hydroxylation is 2. The highest BCUT2D eigenvalue weighted by molar-refractivity contribution is 5.77. The highest BCUT2D eigenvalue weighted by Crippen LogP contribution is 2.23. The third-order valence-electron chi connectivity index (χ3n) is 3.16. The van der Waals surface area contributed by atoms with Crippen LogP contribution >= 0.6 is 0 Å². The molecule has 0 aliphatic rings. The zero-order valence-electron chi connectivity index (χ0n) is 12.0. The Morgan fingerprint density at radius 1 is 1.30 bits per heavy atom. The van der Waals surface area contributed by atoms with E-state index < -0.39 is 0 Å². The third-order valence-corrected chi connectivity index (χ3v) is 3.16. The van der Waals surface area contributed by atoms with Crippen LogP contribution in [-0.2, 0) is 11.3 Å². The summed E-state index contributed by atoms with van der Waals surface area (Å²) >= 11 is 0. The zero-order chi connectivity index (χ0) is 14.5. The summed E-state index contributed by atoms with van der Waals surface area (Å²) in [5.41, 5.74) is 3.35. The van der Waals surface area contributed by atoms with Gasteiger partial charge in [-0.25, -0.2) is 0 Å². The first-order valence-electron chi connectivity index (χ1n) is 6.56. The lowest BCUT2D eigenvalue weighted by molar-refractivity contribution is -0.123. The van der Waals surface area contributed by atoms with Crippen molar-refractivity contribution in [3.05, 3.63) is 53.0 Å². The molecule has 106 valence electrons. The first kappa shape index (κ1) is 14.2. The maximum absolute atomic E-state index is 11.7. The molecule has 1 aromatic carbocycles. The van der Waals surface area contributed by atoms with Crippen LogP contribution in [0.1, 0.15) is 22.5 Å². The summed E-state index contributed by atoms with van der Waals surface area (Å²) < 4.78 is 10.7. The molecule has 0 aliphatic carbocycles. The van der Waals surface area contributed by atoms with Gasteiger partial charge in [-0.3, -0.25) is 4.79 Å². The van der Waals surface area contributed by atoms with Gasteiger partial charge in [0.2, 0.25) is 0 Å². The molecule has 4 heteroatoms. The van der Waals surface area contributed by atoms with Gasteiger partial charge in [0.15, 0.2) is 6.61 Å². The molecule has 0 fully saturated rings. The molecule has 0 saturated carbocycles. The lowest BCUT2D eigenvalue weighted by atomic mass is 10.1. The SMILES string of the molecule is Cc1cc(C)c(C)c(OCC(=O)NCc2ccco2)c1. The maximum Gasteiger partial charge on any atom is 0.258 e. The molecule has 0 unspecified atom stereocenters. The minimum Gasteiger partial charge on any atom is -0.483 e. The molecule has 1 amide bonds. The smallest absolute Gasteiger partial charge is 0.258 e. The van der Waals surface area contributed by atoms with Crippen LogP contribution in [0.2, 0.25) is 0 Å². The molecule has 0 spiro atoms. The van der Waals surface area contributed by atoms with Gasteiger partial charge in [0.25, 0.3) is 5.91 Å². The van der Waals surface area contributed by atoms with Gasteiger partial charge in [-0.15, -0.1) is 0 Å². The Kier molecular flexibility index (Phi) is 4.45. The molecule has 4 nitrogen and oxygen atoms in total. The summed E-state index contributed by atoms with van der Waals surface area (Å²) in [4.78, 5) is 11.7. The summed E-state index contributed by atoms with van der Waals surface area (Å²) in [6.07, 6.45) is 1.58. The Hall–Kier alpha value is -2.23. The minimum atomic E-state index is -0.167. The number of carbonyl (C=O) groups excluding carboxylic acids is 1. The summed E-state index contributed by atoms with van der Waals surface area (Å²) in [5, 5.41) is 2.75. The van der Waals surface area contributed by atoms with E-state index in [4.69, 9.17) is 9.15 Å². The monoisotopic (exact) mass is 273 g/mol. The van der Waals surface area contributed by atoms with Crippen molar-refractivity contribution in [2.24, 2.45) is 0 Å². The summed E-state index contributed by atoms with van der Waals surface area (Å²) in [5.74, 6) is 1.32. The molecular formula is C16H19NO3. The number of hydrogen-bond acceptors (Lipinski definition) is 3. The van der Waals surface area contributed by atoms with E-state index in [-0.39, 0.29) is 12.5 Å². The Morgan fingerprint density at radius 3 is 2.80 bits per heavy atom. The van der Waals surface area contributed by atoms with E-state index in [1.54, 1.807) is 12.3 Å². The second-order valence-electron chi connectivity index (χ2n) is 4.85. The minimum absolute atomic E-state index is 0.00441. The van der Waals surface area contributed by atoms with Crippen molar-refractivity contribution in [3.8, 4) is 5.75 Å². The predicted molar refractivity (Wildman–Crippen MR) is 76.7 cm³/mol. The molecule has 0 aliphatic heterocycles. The number of hydrogen-bond donors (Lipinski definition) is 1. The van der Waals surface area contributed by atoms with Crippen molar-refractivity contribution in [2.45, 2.75) is 27.3 Å². The van der Waals surface area contributed by atoms with Gasteiger partial charge in [0, 0.05) is 0 Å². The van der Waals surface area contributed by atoms with Crippen LogP contribution in [0.5, 0.6) is 5.75 Å². The molecule has 0 saturated heterocycles. The Balaban J connectivity index is 1.87. The fraction of sp³-hybridized carbons (Fsp3) is 0.312. The van der Waals surface area contributed by atoms with E-state index in [2.05, 4.69) is 11.4 Å². The average Bonchev–Trinajstić information content (AvgIpc) is 2.92. The summed E-state index contributed by atoms with van der Waals surface area (Å²) in [6, 6.07) is 7.65. The number of rotatable bonds is 5. The molecule has 1 N–H and O–H groups in total. The third kappa shape index (κ3) is 3.63. The number of carbonyl (C=O) groups is 1. The van der Waals surface area contributed by atoms with Crippen molar-refractivity contribution in [1.29, 1.82) is 0 Å². The largest absolute Gasteiger partial charge is 0.483 e. The van der Waals surface area contributed by atoms with E-state index in [0.29, 0.717) is 6.54 Å². The highest BCUT2D eigenvalue weighted by atomic mass is 16.5. The quantitative estimate of drug-likeness (QED) is 0.911. The second-order valence-corrected chi connectivity index (χ2v) is 4.85. The Labute approximate surface area is 118 Å². The Bertz CT molecular complexity index is 588. The molecule has 0 bridgehead atoms. The van der Waals surface area contributed by atoms with Gasteiger partial charge in [0.1, 0.15) is 11.5 Å². The summed E-state index contributed by atoms with van der Waals surface area (Å²) in [7, 11) is 0. The van der Waals surface area contributed by atoms with E-state index >= 15 is 0 Å². The van der Waals surface area contributed by atoms with Crippen molar-refractivity contribution in [1.82, 2.24) is 5.32 Å². The zero-order valence-corrected chi connectivity index (χ0v) is 12.0. The standard InChI is InChI=1S/C16H19NO3/c1-11-7-12(2)13(3)15(8-11)20-10-16(18)17-9-14-5-4-6-19-14/h4-8H,9-10H2,1-3H3,(H,17,18). The van der Waals surface area contributed by atoms with Gasteiger partial charge in [-0.2, -0.15) is 0 Å². The molecular weight excluding hydrogens is 254 g/mol. The molecule has 1 heterocycles. The fourth-order valence-corrected chi connectivity index (χ4v) is 1.94. The second kappa shape index (κ2) is 6.28. The topological polar surface area (TPSA) is 51.5 Å². The molecule has 20 heavy (non-hydrogen) atoms. The number of benzene rings is 1. The van der Waals surface area contributed by atoms with Crippen molar-refractivity contribution in [3.63, 3.8) is 0 Å². The van der Waals surface area contributed by atoms with Crippen molar-refractivity contribution in [2.75, 3.05) is 6.61 Å². The molecule has 0 atom stereocenters. The molecule has 2 rings (SSSR count). The van der Waals surface area contributed by atoms with Crippen LogP contribution in [0.15, 0.2) is 34.9 Å². The van der Waals surface area contributed by atoms with Gasteiger partial charge >= 0.3 is 0 Å². The van der Waals surface area contributed by atoms with Gasteiger partial charge in [0.05, 0.1) is 12.8 Å². The number of nitrogens with one attached hydrogen (secondary N) is 1. The number of furan rings is 1. The van der Waals surface area contributed by atoms with Crippen molar-refractivity contribution >= 4 is 5.91 Å². The fourth-order valence-electron chi connectivity index (χ4n) is 1.94. The van der Waals surface area contributed by atoms with Crippen LogP contribution < -0.4 is 10.1 Å². The first-order valence-corrected chi connectivity index (χ1v) is 6.56. The summed E-state index contributed by atoms with van der Waals surface area (Å²) in [6.45, 7) is 6.42. The predicted octanol–water partition coefficient (Wildman–Crippen LogP) is 2.90. The lowest BCUT2D eigenvalue weighted by Crippen LogP contribution is -2.28. The normalized spacial score (nSPS) is 10.3. The number of ether oxygens (including phenoxy) is 1. The first-order chi connectivity index (χ1) is 9.56. The molecule has 0 radical (unpaired) electrons. The lowest BCUT2D eigenvalue weighted by Gasteiger charge is -2.12. The van der Waals surface area contributed by atoms with Gasteiger partial charge < -0.3 is 14.5 Å². The van der Waals surface area contributed by atoms with Gasteiger partial charge in [-0.1, -0.05) is 6.07 Å². The van der Waals surface area contributed by atoms with Crippen LogP contribution in [0.25, 0.3) is 0 Å². The maximum atomic E-state index is 11.7. The van der Waals surface area contributed by atoms with E-state index in [0.717, 1.165) is 28.2 Å². The van der Waals surface area contributed by atoms with Crippen molar-refractivity contribution < 1.29 is 13.9 Å². The van der Waals surface area contributed by atoms with Crippen LogP contribution in [0.4, 0.5) is 0 Å². The van der Waals surface area contributed by atoms with E-state index in [9.17, 15) is 4.79 Å². The molecule has 1 aromatic heterocycles. The molecule has 2 aromatic rings. The van der Waals surface area contributed by atoms with E-state index in [1.165, 1.54) is 0 Å². The highest BCUT2D eigenvalue weighted by Gasteiger charge is 2.07. The van der Waals surface area contributed by atoms with Gasteiger partial charge in [-0.05, 0) is 55.7 Å². The van der Waals surface area contributed by atoms with Crippen LogP contribution in [-0.4, -0.2) is 12.5 Å².